The molecule has 0 bridgehead atoms. The molecular weight excluding hydrogens is 212 g/mol. The monoisotopic (exact) mass is 230 g/mol. The maximum Gasteiger partial charge on any atom is 0.226 e. The van der Waals surface area contributed by atoms with Gasteiger partial charge in [-0.3, -0.25) is 0 Å². The first kappa shape index (κ1) is 12.5. The van der Waals surface area contributed by atoms with E-state index >= 15 is 0 Å². The first-order valence-electron chi connectivity index (χ1n) is 5.14. The molecule has 1 rings (SSSR count). The molecule has 1 unspecified atom stereocenters. The fourth-order valence-corrected chi connectivity index (χ4v) is 1.88. The number of aromatic nitrogens is 2. The SMILES string of the molecule is CC(CO)CSCc1nnc(C(C)C)o1. The Bertz CT molecular complexity index is 289. The molecule has 0 aliphatic carbocycles. The minimum atomic E-state index is 0.230. The Balaban J connectivity index is 2.31. The highest BCUT2D eigenvalue weighted by Gasteiger charge is 2.09. The second-order valence-corrected chi connectivity index (χ2v) is 5.02. The van der Waals surface area contributed by atoms with Crippen molar-refractivity contribution in [3.63, 3.8) is 0 Å². The van der Waals surface area contributed by atoms with Gasteiger partial charge in [0.05, 0.1) is 5.75 Å². The van der Waals surface area contributed by atoms with Gasteiger partial charge in [-0.2, -0.15) is 11.8 Å². The quantitative estimate of drug-likeness (QED) is 0.810. The van der Waals surface area contributed by atoms with Crippen molar-refractivity contribution in [2.45, 2.75) is 32.4 Å². The molecule has 4 nitrogen and oxygen atoms in total. The summed E-state index contributed by atoms with van der Waals surface area (Å²) in [4.78, 5) is 0. The molecule has 0 saturated carbocycles. The van der Waals surface area contributed by atoms with Gasteiger partial charge in [0.25, 0.3) is 0 Å². The highest BCUT2D eigenvalue weighted by atomic mass is 32.2. The first-order chi connectivity index (χ1) is 7.13. The number of thioether (sulfide) groups is 1. The van der Waals surface area contributed by atoms with E-state index in [2.05, 4.69) is 10.2 Å². The number of aliphatic hydroxyl groups is 1. The summed E-state index contributed by atoms with van der Waals surface area (Å²) in [7, 11) is 0. The van der Waals surface area contributed by atoms with E-state index in [4.69, 9.17) is 9.52 Å². The highest BCUT2D eigenvalue weighted by Crippen LogP contribution is 2.17. The van der Waals surface area contributed by atoms with Crippen molar-refractivity contribution in [3.05, 3.63) is 11.8 Å². The van der Waals surface area contributed by atoms with E-state index in [1.807, 2.05) is 20.8 Å². The third-order valence-electron chi connectivity index (χ3n) is 1.92. The van der Waals surface area contributed by atoms with Gasteiger partial charge in [-0.25, -0.2) is 0 Å². The van der Waals surface area contributed by atoms with Crippen molar-refractivity contribution in [1.82, 2.24) is 10.2 Å². The molecule has 86 valence electrons. The van der Waals surface area contributed by atoms with Gasteiger partial charge in [-0.15, -0.1) is 10.2 Å². The summed E-state index contributed by atoms with van der Waals surface area (Å²) < 4.78 is 5.45. The molecule has 0 fully saturated rings. The number of hydrogen-bond acceptors (Lipinski definition) is 5. The Labute approximate surface area is 94.5 Å². The van der Waals surface area contributed by atoms with Crippen LogP contribution in [0.4, 0.5) is 0 Å². The molecule has 1 atom stereocenters. The molecule has 1 N–H and O–H groups in total. The third kappa shape index (κ3) is 4.22. The van der Waals surface area contributed by atoms with Crippen molar-refractivity contribution in [1.29, 1.82) is 0 Å². The van der Waals surface area contributed by atoms with E-state index in [1.165, 1.54) is 0 Å². The number of rotatable bonds is 6. The van der Waals surface area contributed by atoms with Crippen LogP contribution < -0.4 is 0 Å². The van der Waals surface area contributed by atoms with Gasteiger partial charge in [-0.1, -0.05) is 20.8 Å². The summed E-state index contributed by atoms with van der Waals surface area (Å²) in [6, 6.07) is 0. The molecule has 1 aromatic rings. The zero-order valence-electron chi connectivity index (χ0n) is 9.43. The van der Waals surface area contributed by atoms with Crippen LogP contribution in [0.25, 0.3) is 0 Å². The van der Waals surface area contributed by atoms with Crippen molar-refractivity contribution in [3.8, 4) is 0 Å². The van der Waals surface area contributed by atoms with Crippen LogP contribution in [0.1, 0.15) is 38.5 Å². The van der Waals surface area contributed by atoms with Crippen molar-refractivity contribution >= 4 is 11.8 Å². The van der Waals surface area contributed by atoms with Gasteiger partial charge in [0.2, 0.25) is 11.8 Å². The van der Waals surface area contributed by atoms with Gasteiger partial charge >= 0.3 is 0 Å². The Morgan fingerprint density at radius 2 is 2.07 bits per heavy atom. The normalized spacial score (nSPS) is 13.4. The van der Waals surface area contributed by atoms with Crippen LogP contribution in [0, 0.1) is 5.92 Å². The Morgan fingerprint density at radius 3 is 2.60 bits per heavy atom. The molecule has 0 aliphatic rings. The van der Waals surface area contributed by atoms with Gasteiger partial charge in [0.15, 0.2) is 0 Å². The fraction of sp³-hybridized carbons (Fsp3) is 0.800. The second-order valence-electron chi connectivity index (χ2n) is 3.99. The molecule has 0 aromatic carbocycles. The van der Waals surface area contributed by atoms with Crippen LogP contribution in [0.3, 0.4) is 0 Å². The summed E-state index contributed by atoms with van der Waals surface area (Å²) >= 11 is 1.71. The van der Waals surface area contributed by atoms with E-state index in [-0.39, 0.29) is 12.5 Å². The van der Waals surface area contributed by atoms with Gasteiger partial charge < -0.3 is 9.52 Å². The minimum Gasteiger partial charge on any atom is -0.424 e. The largest absolute Gasteiger partial charge is 0.424 e. The van der Waals surface area contributed by atoms with Crippen molar-refractivity contribution in [2.75, 3.05) is 12.4 Å². The van der Waals surface area contributed by atoms with Crippen LogP contribution in [0.15, 0.2) is 4.42 Å². The zero-order chi connectivity index (χ0) is 11.3. The van der Waals surface area contributed by atoms with Crippen LogP contribution in [-0.2, 0) is 5.75 Å². The van der Waals surface area contributed by atoms with Crippen molar-refractivity contribution < 1.29 is 9.52 Å². The predicted molar refractivity (Wildman–Crippen MR) is 60.8 cm³/mol. The van der Waals surface area contributed by atoms with E-state index in [0.29, 0.717) is 17.7 Å². The Morgan fingerprint density at radius 1 is 1.33 bits per heavy atom. The molecule has 0 radical (unpaired) electrons. The van der Waals surface area contributed by atoms with Crippen molar-refractivity contribution in [2.24, 2.45) is 5.92 Å². The lowest BCUT2D eigenvalue weighted by Crippen LogP contribution is -2.03. The number of hydrogen-bond donors (Lipinski definition) is 1. The maximum absolute atomic E-state index is 8.84. The zero-order valence-corrected chi connectivity index (χ0v) is 10.3. The highest BCUT2D eigenvalue weighted by molar-refractivity contribution is 7.98. The summed E-state index contributed by atoms with van der Waals surface area (Å²) in [6.45, 7) is 6.30. The molecule has 0 spiro atoms. The maximum atomic E-state index is 8.84. The van der Waals surface area contributed by atoms with Crippen LogP contribution in [0.2, 0.25) is 0 Å². The third-order valence-corrected chi connectivity index (χ3v) is 3.17. The minimum absolute atomic E-state index is 0.230. The average Bonchev–Trinajstić information content (AvgIpc) is 2.66. The van der Waals surface area contributed by atoms with Gasteiger partial charge in [0, 0.05) is 12.5 Å². The van der Waals surface area contributed by atoms with Gasteiger partial charge in [-0.05, 0) is 11.7 Å². The second kappa shape index (κ2) is 6.12. The smallest absolute Gasteiger partial charge is 0.226 e. The summed E-state index contributed by atoms with van der Waals surface area (Å²) in [5.41, 5.74) is 0. The lowest BCUT2D eigenvalue weighted by Gasteiger charge is -2.04. The lowest BCUT2D eigenvalue weighted by atomic mass is 10.2. The van der Waals surface area contributed by atoms with Crippen LogP contribution in [-0.4, -0.2) is 27.7 Å². The molecule has 1 aromatic heterocycles. The van der Waals surface area contributed by atoms with Crippen LogP contribution >= 0.6 is 11.8 Å². The fourth-order valence-electron chi connectivity index (χ4n) is 0.958. The molecule has 15 heavy (non-hydrogen) atoms. The number of aliphatic hydroxyl groups excluding tert-OH is 1. The molecule has 0 saturated heterocycles. The molecule has 5 heteroatoms. The summed E-state index contributed by atoms with van der Waals surface area (Å²) in [6.07, 6.45) is 0. The molecule has 1 heterocycles. The summed E-state index contributed by atoms with van der Waals surface area (Å²) in [5, 5.41) is 16.8. The first-order valence-corrected chi connectivity index (χ1v) is 6.29. The van der Waals surface area contributed by atoms with Gasteiger partial charge in [0.1, 0.15) is 0 Å². The number of nitrogens with zero attached hydrogens (tertiary/aromatic N) is 2. The van der Waals surface area contributed by atoms with E-state index in [9.17, 15) is 0 Å². The summed E-state index contributed by atoms with van der Waals surface area (Å²) in [5.74, 6) is 3.62. The standard InChI is InChI=1S/C10H18N2O2S/c1-7(2)10-12-11-9(14-10)6-15-5-8(3)4-13/h7-8,13H,4-6H2,1-3H3. The predicted octanol–water partition coefficient (Wildman–Crippen LogP) is 2.05. The molecule has 0 aliphatic heterocycles. The average molecular weight is 230 g/mol. The Kier molecular flexibility index (Phi) is 5.11. The van der Waals surface area contributed by atoms with E-state index in [1.54, 1.807) is 11.8 Å². The van der Waals surface area contributed by atoms with E-state index < -0.39 is 0 Å². The lowest BCUT2D eigenvalue weighted by molar-refractivity contribution is 0.250. The van der Waals surface area contributed by atoms with Crippen LogP contribution in [0.5, 0.6) is 0 Å². The Hall–Kier alpha value is -0.550. The molecular formula is C10H18N2O2S. The molecule has 0 amide bonds. The topological polar surface area (TPSA) is 59.2 Å². The van der Waals surface area contributed by atoms with E-state index in [0.717, 1.165) is 11.5 Å².